The molecule has 3 saturated carbocycles. The van der Waals surface area contributed by atoms with Crippen LogP contribution in [0, 0.1) is 21.4 Å². The van der Waals surface area contributed by atoms with Crippen LogP contribution in [-0.4, -0.2) is 102 Å². The molecule has 2 saturated heterocycles. The number of nitro groups is 1. The highest BCUT2D eigenvalue weighted by atomic mass is 32.2. The van der Waals surface area contributed by atoms with E-state index in [1.807, 2.05) is 19.1 Å². The number of methoxy groups -OCH3 is 1. The van der Waals surface area contributed by atoms with Crippen LogP contribution in [0.5, 0.6) is 17.2 Å². The Kier molecular flexibility index (Phi) is 13.6. The smallest absolute Gasteiger partial charge is 0.293 e. The highest BCUT2D eigenvalue weighted by Gasteiger charge is 2.55. The number of aromatic nitrogens is 2. The summed E-state index contributed by atoms with van der Waals surface area (Å²) >= 11 is 0. The SMILES string of the molecule is COc1cc(CN2CCN(C3CC4(C3)CN(c3ccc(C(=O)NS(=O)(=O)c5ccc(NCC6CCC(C)(O)CC6)c([N+](=O)[O-])c5)c(Oc5cnc6[nH]ccc6c5)c3)C4)C(c3ccccc3C(C)C)C2)ccc1C1CC1. The number of anilines is 2. The largest absolute Gasteiger partial charge is 0.496 e. The molecular formula is C58H68N8O8S. The summed E-state index contributed by atoms with van der Waals surface area (Å²) in [5.74, 6) is 1.79. The first kappa shape index (κ1) is 50.6. The van der Waals surface area contributed by atoms with Crippen LogP contribution in [0.1, 0.15) is 123 Å². The second-order valence-corrected chi connectivity index (χ2v) is 24.3. The van der Waals surface area contributed by atoms with Crippen LogP contribution in [0.2, 0.25) is 0 Å². The highest BCUT2D eigenvalue weighted by Crippen LogP contribution is 2.54. The van der Waals surface area contributed by atoms with Gasteiger partial charge in [-0.3, -0.25) is 24.7 Å². The van der Waals surface area contributed by atoms with Gasteiger partial charge in [0.05, 0.1) is 34.3 Å². The Labute approximate surface area is 439 Å². The van der Waals surface area contributed by atoms with E-state index in [1.165, 1.54) is 47.2 Å². The number of ether oxygens (including phenoxy) is 2. The molecule has 17 heteroatoms. The molecule has 394 valence electrons. The van der Waals surface area contributed by atoms with Crippen LogP contribution >= 0.6 is 0 Å². The summed E-state index contributed by atoms with van der Waals surface area (Å²) in [5.41, 5.74) is 6.08. The average Bonchev–Trinajstić information content (AvgIpc) is 4.11. The third-order valence-electron chi connectivity index (χ3n) is 16.7. The van der Waals surface area contributed by atoms with Gasteiger partial charge in [-0.15, -0.1) is 0 Å². The number of fused-ring (bicyclic) bond motifs is 1. The molecule has 2 aliphatic heterocycles. The Hall–Kier alpha value is -6.53. The van der Waals surface area contributed by atoms with Gasteiger partial charge in [0, 0.05) is 92.7 Å². The number of piperazine rings is 1. The van der Waals surface area contributed by atoms with Crippen molar-refractivity contribution < 1.29 is 32.7 Å². The van der Waals surface area contributed by atoms with Crippen LogP contribution in [-0.2, 0) is 16.6 Å². The number of hydrogen-bond acceptors (Lipinski definition) is 13. The molecular weight excluding hydrogens is 969 g/mol. The van der Waals surface area contributed by atoms with Crippen molar-refractivity contribution in [1.82, 2.24) is 24.5 Å². The van der Waals surface area contributed by atoms with Crippen LogP contribution in [0.15, 0.2) is 108 Å². The fourth-order valence-corrected chi connectivity index (χ4v) is 13.3. The number of aliphatic hydroxyl groups is 1. The Bertz CT molecular complexity index is 3220. The monoisotopic (exact) mass is 1040 g/mol. The van der Waals surface area contributed by atoms with Gasteiger partial charge in [-0.2, -0.15) is 0 Å². The van der Waals surface area contributed by atoms with Crippen molar-refractivity contribution in [2.45, 2.75) is 113 Å². The molecule has 5 aliphatic rings. The zero-order valence-electron chi connectivity index (χ0n) is 43.3. The lowest BCUT2D eigenvalue weighted by atomic mass is 9.59. The van der Waals surface area contributed by atoms with E-state index in [-0.39, 0.29) is 34.4 Å². The second kappa shape index (κ2) is 20.2. The molecule has 0 radical (unpaired) electrons. The van der Waals surface area contributed by atoms with Crippen molar-refractivity contribution >= 4 is 44.0 Å². The van der Waals surface area contributed by atoms with E-state index in [0.717, 1.165) is 87.8 Å². The zero-order valence-corrected chi connectivity index (χ0v) is 44.1. The number of carbonyl (C=O) groups excluding carboxylic acids is 1. The van der Waals surface area contributed by atoms with Crippen molar-refractivity contribution in [3.63, 3.8) is 0 Å². The Morgan fingerprint density at radius 2 is 1.73 bits per heavy atom. The van der Waals surface area contributed by atoms with E-state index in [0.29, 0.717) is 48.7 Å². The van der Waals surface area contributed by atoms with Gasteiger partial charge in [0.2, 0.25) is 0 Å². The molecule has 1 amide bonds. The molecule has 4 heterocycles. The van der Waals surface area contributed by atoms with Gasteiger partial charge < -0.3 is 29.8 Å². The van der Waals surface area contributed by atoms with E-state index in [9.17, 15) is 28.4 Å². The molecule has 4 aromatic carbocycles. The van der Waals surface area contributed by atoms with Crippen molar-refractivity contribution in [3.8, 4) is 17.2 Å². The molecule has 11 rings (SSSR count). The number of hydrogen-bond donors (Lipinski definition) is 4. The van der Waals surface area contributed by atoms with Crippen molar-refractivity contribution in [2.24, 2.45) is 11.3 Å². The standard InChI is InChI=1S/C58H68N8O8S/c1-37(2)46-7-5-6-8-48(46)52-34-63(33-39-9-14-47(40-10-11-40)53(25-39)73-4)23-24-65(52)43-29-58(30-43)35-64(36-58)42-12-15-49(54(27-42)74-44-26-41-19-22-59-55(41)61-32-44)56(67)62-75(71,72)45-13-16-50(51(28-45)66(69)70)60-31-38-17-20-57(3,68)21-18-38/h5-9,12-16,19,22,25-28,32,37-38,40,43,52,60,68H,10-11,17-18,20-21,23-24,29-31,33-36H2,1-4H3,(H,59,61)(H,62,67). The fourth-order valence-electron chi connectivity index (χ4n) is 12.3. The third-order valence-corrected chi connectivity index (χ3v) is 18.0. The molecule has 1 atom stereocenters. The highest BCUT2D eigenvalue weighted by molar-refractivity contribution is 7.90. The van der Waals surface area contributed by atoms with Gasteiger partial charge in [-0.25, -0.2) is 18.1 Å². The van der Waals surface area contributed by atoms with Crippen LogP contribution in [0.3, 0.4) is 0 Å². The first-order chi connectivity index (χ1) is 36.0. The third kappa shape index (κ3) is 10.7. The normalized spacial score (nSPS) is 22.2. The molecule has 1 unspecified atom stereocenters. The topological polar surface area (TPSA) is 195 Å². The summed E-state index contributed by atoms with van der Waals surface area (Å²) in [6.07, 6.45) is 10.7. The molecule has 3 aliphatic carbocycles. The molecule has 0 bridgehead atoms. The number of sulfonamides is 1. The number of pyridine rings is 1. The number of H-pyrrole nitrogens is 1. The van der Waals surface area contributed by atoms with Gasteiger partial charge in [0.25, 0.3) is 21.6 Å². The lowest BCUT2D eigenvalue weighted by Gasteiger charge is -2.63. The van der Waals surface area contributed by atoms with Crippen LogP contribution < -0.4 is 24.4 Å². The summed E-state index contributed by atoms with van der Waals surface area (Å²) < 4.78 is 42.1. The lowest BCUT2D eigenvalue weighted by Crippen LogP contribution is -2.68. The minimum absolute atomic E-state index is 0.0315. The van der Waals surface area contributed by atoms with Gasteiger partial charge >= 0.3 is 0 Å². The van der Waals surface area contributed by atoms with E-state index < -0.39 is 37.0 Å². The molecule has 6 aromatic rings. The van der Waals surface area contributed by atoms with Crippen molar-refractivity contribution in [1.29, 1.82) is 0 Å². The summed E-state index contributed by atoms with van der Waals surface area (Å²) in [5, 5.41) is 26.5. The minimum Gasteiger partial charge on any atom is -0.496 e. The maximum atomic E-state index is 14.1. The number of nitrogens with zero attached hydrogens (tertiary/aromatic N) is 5. The quantitative estimate of drug-likeness (QED) is 0.0498. The first-order valence-electron chi connectivity index (χ1n) is 26.6. The summed E-state index contributed by atoms with van der Waals surface area (Å²) in [6.45, 7) is 12.3. The van der Waals surface area contributed by atoms with E-state index in [2.05, 4.69) is 91.0 Å². The minimum atomic E-state index is -4.59. The van der Waals surface area contributed by atoms with Gasteiger partial charge in [-0.1, -0.05) is 50.2 Å². The number of carbonyl (C=O) groups is 1. The predicted molar refractivity (Wildman–Crippen MR) is 289 cm³/mol. The van der Waals surface area contributed by atoms with Crippen molar-refractivity contribution in [2.75, 3.05) is 56.6 Å². The summed E-state index contributed by atoms with van der Waals surface area (Å²) in [4.78, 5) is 40.5. The van der Waals surface area contributed by atoms with E-state index in [1.54, 1.807) is 37.7 Å². The molecule has 4 N–H and O–H groups in total. The van der Waals surface area contributed by atoms with Gasteiger partial charge in [0.1, 0.15) is 28.6 Å². The molecule has 75 heavy (non-hydrogen) atoms. The Morgan fingerprint density at radius 3 is 2.48 bits per heavy atom. The maximum Gasteiger partial charge on any atom is 0.293 e. The van der Waals surface area contributed by atoms with Crippen LogP contribution in [0.25, 0.3) is 11.0 Å². The Balaban J connectivity index is 0.785. The number of benzene rings is 4. The summed E-state index contributed by atoms with van der Waals surface area (Å²) in [7, 11) is -2.80. The molecule has 5 fully saturated rings. The van der Waals surface area contributed by atoms with E-state index >= 15 is 0 Å². The second-order valence-electron chi connectivity index (χ2n) is 22.6. The lowest BCUT2D eigenvalue weighted by molar-refractivity contribution is -0.384. The number of nitrogens with one attached hydrogen (secondary N) is 3. The molecule has 16 nitrogen and oxygen atoms in total. The first-order valence-corrected chi connectivity index (χ1v) is 28.1. The Morgan fingerprint density at radius 1 is 0.947 bits per heavy atom. The number of nitro benzene ring substituents is 1. The predicted octanol–water partition coefficient (Wildman–Crippen LogP) is 10.3. The van der Waals surface area contributed by atoms with Crippen LogP contribution in [0.4, 0.5) is 17.1 Å². The number of amides is 1. The number of rotatable bonds is 17. The van der Waals surface area contributed by atoms with E-state index in [4.69, 9.17) is 9.47 Å². The molecule has 2 aromatic heterocycles. The average molecular weight is 1040 g/mol. The van der Waals surface area contributed by atoms with Gasteiger partial charge in [-0.05, 0) is 141 Å². The van der Waals surface area contributed by atoms with Crippen molar-refractivity contribution in [3.05, 3.63) is 141 Å². The molecule has 1 spiro atoms. The fraction of sp³-hybridized carbons (Fsp3) is 0.448. The number of aromatic amines is 1. The zero-order chi connectivity index (χ0) is 52.2. The van der Waals surface area contributed by atoms with Gasteiger partial charge in [0.15, 0.2) is 0 Å². The maximum absolute atomic E-state index is 14.1. The summed E-state index contributed by atoms with van der Waals surface area (Å²) in [6, 6.07) is 28.9.